The number of hydrogen-bond donors (Lipinski definition) is 1. The van der Waals surface area contributed by atoms with Crippen molar-refractivity contribution in [3.8, 4) is 11.3 Å². The Bertz CT molecular complexity index is 1010. The van der Waals surface area contributed by atoms with E-state index in [9.17, 15) is 9.59 Å². The monoisotopic (exact) mass is 375 g/mol. The Morgan fingerprint density at radius 3 is 2.71 bits per heavy atom. The van der Waals surface area contributed by atoms with E-state index in [1.807, 2.05) is 62.4 Å². The molecule has 0 radical (unpaired) electrons. The van der Waals surface area contributed by atoms with Crippen molar-refractivity contribution >= 4 is 17.5 Å². The fourth-order valence-electron chi connectivity index (χ4n) is 3.63. The van der Waals surface area contributed by atoms with Gasteiger partial charge in [-0.25, -0.2) is 4.98 Å². The Kier molecular flexibility index (Phi) is 4.69. The number of fused-ring (bicyclic) bond motifs is 1. The van der Waals surface area contributed by atoms with E-state index in [1.165, 1.54) is 6.39 Å². The van der Waals surface area contributed by atoms with Crippen molar-refractivity contribution < 1.29 is 14.0 Å². The van der Waals surface area contributed by atoms with Crippen molar-refractivity contribution in [2.75, 3.05) is 5.32 Å². The average molecular weight is 375 g/mol. The molecule has 0 saturated heterocycles. The molecule has 0 aliphatic carbocycles. The lowest BCUT2D eigenvalue weighted by atomic mass is 10.0. The summed E-state index contributed by atoms with van der Waals surface area (Å²) in [5, 5.41) is 2.96. The maximum absolute atomic E-state index is 13.1. The maximum atomic E-state index is 13.1. The topological polar surface area (TPSA) is 75.4 Å². The number of anilines is 1. The van der Waals surface area contributed by atoms with E-state index in [1.54, 1.807) is 11.1 Å². The van der Waals surface area contributed by atoms with Gasteiger partial charge in [-0.05, 0) is 29.7 Å². The number of nitrogens with one attached hydrogen (secondary N) is 1. The van der Waals surface area contributed by atoms with Gasteiger partial charge < -0.3 is 14.6 Å². The summed E-state index contributed by atoms with van der Waals surface area (Å²) in [6.45, 7) is 4.35. The molecule has 3 aromatic rings. The van der Waals surface area contributed by atoms with Crippen LogP contribution in [-0.2, 0) is 11.3 Å². The zero-order valence-corrected chi connectivity index (χ0v) is 15.8. The van der Waals surface area contributed by atoms with Crippen molar-refractivity contribution in [2.45, 2.75) is 26.4 Å². The van der Waals surface area contributed by atoms with Crippen molar-refractivity contribution in [3.63, 3.8) is 0 Å². The van der Waals surface area contributed by atoms with E-state index < -0.39 is 6.04 Å². The summed E-state index contributed by atoms with van der Waals surface area (Å²) in [5.41, 5.74) is 3.10. The van der Waals surface area contributed by atoms with Crippen LogP contribution in [-0.4, -0.2) is 27.7 Å². The first-order chi connectivity index (χ1) is 13.5. The normalized spacial score (nSPS) is 14.2. The van der Waals surface area contributed by atoms with Crippen molar-refractivity contribution in [1.82, 2.24) is 9.88 Å². The lowest BCUT2D eigenvalue weighted by Crippen LogP contribution is -2.47. The van der Waals surface area contributed by atoms with Crippen LogP contribution in [0, 0.1) is 5.92 Å². The SMILES string of the molecule is CC(C)[C@@H](C(=O)Nc1cccc(-c2cnco2)c1)N1Cc2ccccc2C1=O. The van der Waals surface area contributed by atoms with Gasteiger partial charge in [0.05, 0.1) is 6.20 Å². The van der Waals surface area contributed by atoms with Crippen LogP contribution >= 0.6 is 0 Å². The lowest BCUT2D eigenvalue weighted by molar-refractivity contribution is -0.122. The van der Waals surface area contributed by atoms with Crippen molar-refractivity contribution in [2.24, 2.45) is 5.92 Å². The minimum Gasteiger partial charge on any atom is -0.444 e. The van der Waals surface area contributed by atoms with Gasteiger partial charge in [-0.1, -0.05) is 44.2 Å². The van der Waals surface area contributed by atoms with Crippen LogP contribution in [0.2, 0.25) is 0 Å². The Morgan fingerprint density at radius 2 is 2.00 bits per heavy atom. The van der Waals surface area contributed by atoms with Gasteiger partial charge in [-0.3, -0.25) is 9.59 Å². The minimum atomic E-state index is -0.561. The van der Waals surface area contributed by atoms with Crippen LogP contribution in [0.1, 0.15) is 29.8 Å². The number of nitrogens with zero attached hydrogens (tertiary/aromatic N) is 2. The third-order valence-electron chi connectivity index (χ3n) is 4.93. The lowest BCUT2D eigenvalue weighted by Gasteiger charge is -2.30. The first-order valence-electron chi connectivity index (χ1n) is 9.23. The van der Waals surface area contributed by atoms with Crippen molar-refractivity contribution in [1.29, 1.82) is 0 Å². The van der Waals surface area contributed by atoms with Crippen LogP contribution < -0.4 is 5.32 Å². The van der Waals surface area contributed by atoms with Crippen molar-refractivity contribution in [3.05, 3.63) is 72.2 Å². The van der Waals surface area contributed by atoms with Gasteiger partial charge in [0.1, 0.15) is 6.04 Å². The Labute approximate surface area is 163 Å². The number of amides is 2. The molecule has 1 aliphatic heterocycles. The molecule has 2 amide bonds. The fraction of sp³-hybridized carbons (Fsp3) is 0.227. The zero-order valence-electron chi connectivity index (χ0n) is 15.8. The standard InChI is InChI=1S/C22H21N3O3/c1-14(2)20(25-12-16-6-3-4-9-18(16)22(25)27)21(26)24-17-8-5-7-15(10-17)19-11-23-13-28-19/h3-11,13-14,20H,12H2,1-2H3,(H,24,26)/t20-/m0/s1. The number of benzene rings is 2. The van der Waals surface area contributed by atoms with Gasteiger partial charge in [0.25, 0.3) is 5.91 Å². The maximum Gasteiger partial charge on any atom is 0.255 e. The molecule has 4 rings (SSSR count). The van der Waals surface area contributed by atoms with E-state index in [0.29, 0.717) is 23.6 Å². The summed E-state index contributed by atoms with van der Waals surface area (Å²) in [7, 11) is 0. The predicted molar refractivity (Wildman–Crippen MR) is 106 cm³/mol. The number of aromatic nitrogens is 1. The van der Waals surface area contributed by atoms with Gasteiger partial charge in [0.2, 0.25) is 5.91 Å². The molecule has 0 bridgehead atoms. The van der Waals surface area contributed by atoms with E-state index >= 15 is 0 Å². The summed E-state index contributed by atoms with van der Waals surface area (Å²) in [5.74, 6) is 0.295. The third kappa shape index (κ3) is 3.29. The highest BCUT2D eigenvalue weighted by atomic mass is 16.3. The second-order valence-corrected chi connectivity index (χ2v) is 7.21. The number of oxazole rings is 1. The molecule has 0 saturated carbocycles. The molecule has 0 spiro atoms. The second-order valence-electron chi connectivity index (χ2n) is 7.21. The van der Waals surface area contributed by atoms with E-state index in [0.717, 1.165) is 11.1 Å². The van der Waals surface area contributed by atoms with Crippen LogP contribution in [0.3, 0.4) is 0 Å². The van der Waals surface area contributed by atoms with Crippen LogP contribution in [0.4, 0.5) is 5.69 Å². The molecule has 6 heteroatoms. The highest BCUT2D eigenvalue weighted by Gasteiger charge is 2.37. The average Bonchev–Trinajstić information content (AvgIpc) is 3.31. The quantitative estimate of drug-likeness (QED) is 0.732. The van der Waals surface area contributed by atoms with Gasteiger partial charge in [0.15, 0.2) is 12.2 Å². The smallest absolute Gasteiger partial charge is 0.255 e. The van der Waals surface area contributed by atoms with Gasteiger partial charge in [0, 0.05) is 23.4 Å². The highest BCUT2D eigenvalue weighted by Crippen LogP contribution is 2.28. The number of hydrogen-bond acceptors (Lipinski definition) is 4. The molecule has 142 valence electrons. The molecule has 2 aromatic carbocycles. The first kappa shape index (κ1) is 18.0. The molecule has 1 aliphatic rings. The summed E-state index contributed by atoms with van der Waals surface area (Å²) >= 11 is 0. The van der Waals surface area contributed by atoms with Crippen LogP contribution in [0.15, 0.2) is 65.5 Å². The van der Waals surface area contributed by atoms with E-state index in [-0.39, 0.29) is 17.7 Å². The largest absolute Gasteiger partial charge is 0.444 e. The van der Waals surface area contributed by atoms with Crippen LogP contribution in [0.25, 0.3) is 11.3 Å². The third-order valence-corrected chi connectivity index (χ3v) is 4.93. The van der Waals surface area contributed by atoms with Gasteiger partial charge in [-0.2, -0.15) is 0 Å². The Morgan fingerprint density at radius 1 is 1.18 bits per heavy atom. The molecule has 1 N–H and O–H groups in total. The predicted octanol–water partition coefficient (Wildman–Crippen LogP) is 3.96. The first-order valence-corrected chi connectivity index (χ1v) is 9.23. The molecular weight excluding hydrogens is 354 g/mol. The highest BCUT2D eigenvalue weighted by molar-refractivity contribution is 6.03. The summed E-state index contributed by atoms with van der Waals surface area (Å²) in [4.78, 5) is 31.5. The fourth-order valence-corrected chi connectivity index (χ4v) is 3.63. The second kappa shape index (κ2) is 7.31. The zero-order chi connectivity index (χ0) is 19.7. The molecule has 28 heavy (non-hydrogen) atoms. The molecule has 6 nitrogen and oxygen atoms in total. The van der Waals surface area contributed by atoms with E-state index in [4.69, 9.17) is 4.42 Å². The summed E-state index contributed by atoms with van der Waals surface area (Å²) in [6.07, 6.45) is 2.99. The Balaban J connectivity index is 1.56. The van der Waals surface area contributed by atoms with Crippen LogP contribution in [0.5, 0.6) is 0 Å². The summed E-state index contributed by atoms with van der Waals surface area (Å²) < 4.78 is 5.32. The number of carbonyl (C=O) groups excluding carboxylic acids is 2. The molecule has 2 heterocycles. The van der Waals surface area contributed by atoms with E-state index in [2.05, 4.69) is 10.3 Å². The number of rotatable bonds is 5. The molecule has 1 aromatic heterocycles. The molecule has 0 fully saturated rings. The molecule has 0 unspecified atom stereocenters. The Hall–Kier alpha value is -3.41. The minimum absolute atomic E-state index is 0.0317. The molecular formula is C22H21N3O3. The summed E-state index contributed by atoms with van der Waals surface area (Å²) in [6, 6.07) is 14.3. The molecule has 1 atom stereocenters. The number of carbonyl (C=O) groups is 2. The van der Waals surface area contributed by atoms with Gasteiger partial charge in [-0.15, -0.1) is 0 Å². The van der Waals surface area contributed by atoms with Gasteiger partial charge >= 0.3 is 0 Å².